The van der Waals surface area contributed by atoms with E-state index in [1.807, 2.05) is 12.1 Å². The third-order valence-electron chi connectivity index (χ3n) is 3.67. The quantitative estimate of drug-likeness (QED) is 0.819. The van der Waals surface area contributed by atoms with Crippen LogP contribution in [0, 0.1) is 16.7 Å². The van der Waals surface area contributed by atoms with Gasteiger partial charge >= 0.3 is 0 Å². The Morgan fingerprint density at radius 3 is 2.83 bits per heavy atom. The lowest BCUT2D eigenvalue weighted by molar-refractivity contribution is 0.149. The molecular weight excluding hydrogens is 226 g/mol. The van der Waals surface area contributed by atoms with Crippen molar-refractivity contribution in [3.05, 3.63) is 23.9 Å². The predicted molar refractivity (Wildman–Crippen MR) is 69.0 cm³/mol. The molecule has 1 fully saturated rings. The number of piperidine rings is 1. The van der Waals surface area contributed by atoms with Crippen molar-refractivity contribution >= 4 is 0 Å². The van der Waals surface area contributed by atoms with E-state index in [4.69, 9.17) is 10.00 Å². The zero-order valence-electron chi connectivity index (χ0n) is 11.0. The Kier molecular flexibility index (Phi) is 3.83. The van der Waals surface area contributed by atoms with E-state index < -0.39 is 0 Å². The molecule has 0 unspecified atom stereocenters. The molecule has 18 heavy (non-hydrogen) atoms. The van der Waals surface area contributed by atoms with Gasteiger partial charge in [-0.2, -0.15) is 5.26 Å². The largest absolute Gasteiger partial charge is 0.481 e. The first-order valence-electron chi connectivity index (χ1n) is 6.28. The maximum absolute atomic E-state index is 9.11. The SMILES string of the molecule is COc1ncccc1CN1CCC(C)(C#N)CC1. The normalized spacial score (nSPS) is 19.2. The number of aromatic nitrogens is 1. The third-order valence-corrected chi connectivity index (χ3v) is 3.67. The lowest BCUT2D eigenvalue weighted by atomic mass is 9.82. The highest BCUT2D eigenvalue weighted by Crippen LogP contribution is 2.30. The van der Waals surface area contributed by atoms with E-state index in [0.717, 1.165) is 38.0 Å². The molecule has 4 heteroatoms. The second-order valence-electron chi connectivity index (χ2n) is 5.12. The summed E-state index contributed by atoms with van der Waals surface area (Å²) in [6.45, 7) is 4.82. The highest BCUT2D eigenvalue weighted by Gasteiger charge is 2.29. The van der Waals surface area contributed by atoms with Gasteiger partial charge in [0.15, 0.2) is 0 Å². The van der Waals surface area contributed by atoms with Crippen LogP contribution in [-0.2, 0) is 6.54 Å². The molecule has 0 aromatic carbocycles. The molecule has 96 valence electrons. The van der Waals surface area contributed by atoms with Crippen molar-refractivity contribution < 1.29 is 4.74 Å². The van der Waals surface area contributed by atoms with Crippen LogP contribution in [0.2, 0.25) is 0 Å². The maximum atomic E-state index is 9.11. The number of hydrogen-bond acceptors (Lipinski definition) is 4. The molecule has 0 saturated carbocycles. The number of ether oxygens (including phenoxy) is 1. The van der Waals surface area contributed by atoms with Gasteiger partial charge in [0.1, 0.15) is 0 Å². The molecule has 2 rings (SSSR count). The van der Waals surface area contributed by atoms with Crippen LogP contribution in [-0.4, -0.2) is 30.1 Å². The van der Waals surface area contributed by atoms with Crippen molar-refractivity contribution in [2.24, 2.45) is 5.41 Å². The number of pyridine rings is 1. The standard InChI is InChI=1S/C14H19N3O/c1-14(11-15)5-8-17(9-6-14)10-12-4-3-7-16-13(12)18-2/h3-4,7H,5-6,8-10H2,1-2H3. The summed E-state index contributed by atoms with van der Waals surface area (Å²) in [7, 11) is 1.65. The Morgan fingerprint density at radius 2 is 2.22 bits per heavy atom. The summed E-state index contributed by atoms with van der Waals surface area (Å²) >= 11 is 0. The molecule has 1 saturated heterocycles. The van der Waals surface area contributed by atoms with Gasteiger partial charge in [0.05, 0.1) is 18.6 Å². The zero-order valence-corrected chi connectivity index (χ0v) is 11.0. The fourth-order valence-corrected chi connectivity index (χ4v) is 2.29. The molecule has 1 aromatic heterocycles. The minimum atomic E-state index is -0.143. The molecule has 1 aromatic rings. The summed E-state index contributed by atoms with van der Waals surface area (Å²) in [5.41, 5.74) is 0.968. The van der Waals surface area contributed by atoms with Crippen LogP contribution in [0.1, 0.15) is 25.3 Å². The molecule has 1 aliphatic rings. The van der Waals surface area contributed by atoms with Crippen LogP contribution in [0.25, 0.3) is 0 Å². The minimum absolute atomic E-state index is 0.143. The molecule has 0 bridgehead atoms. The van der Waals surface area contributed by atoms with Gasteiger partial charge in [0.2, 0.25) is 5.88 Å². The Hall–Kier alpha value is -1.60. The van der Waals surface area contributed by atoms with E-state index in [0.29, 0.717) is 5.88 Å². The first-order valence-corrected chi connectivity index (χ1v) is 6.28. The van der Waals surface area contributed by atoms with Crippen LogP contribution < -0.4 is 4.74 Å². The van der Waals surface area contributed by atoms with Crippen LogP contribution >= 0.6 is 0 Å². The number of nitrogens with zero attached hydrogens (tertiary/aromatic N) is 3. The van der Waals surface area contributed by atoms with Crippen LogP contribution in [0.4, 0.5) is 0 Å². The highest BCUT2D eigenvalue weighted by molar-refractivity contribution is 5.25. The highest BCUT2D eigenvalue weighted by atomic mass is 16.5. The van der Waals surface area contributed by atoms with E-state index in [9.17, 15) is 0 Å². The van der Waals surface area contributed by atoms with Crippen LogP contribution in [0.15, 0.2) is 18.3 Å². The summed E-state index contributed by atoms with van der Waals surface area (Å²) in [6, 6.07) is 6.40. The maximum Gasteiger partial charge on any atom is 0.217 e. The molecule has 0 amide bonds. The van der Waals surface area contributed by atoms with E-state index in [1.165, 1.54) is 0 Å². The molecule has 0 atom stereocenters. The lowest BCUT2D eigenvalue weighted by Crippen LogP contribution is -2.37. The summed E-state index contributed by atoms with van der Waals surface area (Å²) in [4.78, 5) is 6.57. The Bertz CT molecular complexity index is 445. The molecule has 2 heterocycles. The fourth-order valence-electron chi connectivity index (χ4n) is 2.29. The number of likely N-dealkylation sites (tertiary alicyclic amines) is 1. The molecule has 4 nitrogen and oxygen atoms in total. The second kappa shape index (κ2) is 5.36. The van der Waals surface area contributed by atoms with Crippen molar-refractivity contribution in [2.45, 2.75) is 26.3 Å². The van der Waals surface area contributed by atoms with Crippen molar-refractivity contribution in [3.8, 4) is 11.9 Å². The average Bonchev–Trinajstić information content (AvgIpc) is 2.42. The number of hydrogen-bond donors (Lipinski definition) is 0. The first kappa shape index (κ1) is 12.8. The van der Waals surface area contributed by atoms with Gasteiger partial charge in [-0.15, -0.1) is 0 Å². The van der Waals surface area contributed by atoms with Crippen LogP contribution in [0.5, 0.6) is 5.88 Å². The van der Waals surface area contributed by atoms with Gasteiger partial charge in [-0.25, -0.2) is 4.98 Å². The smallest absolute Gasteiger partial charge is 0.217 e. The Morgan fingerprint density at radius 1 is 1.50 bits per heavy atom. The topological polar surface area (TPSA) is 49.1 Å². The molecule has 0 N–H and O–H groups in total. The number of nitriles is 1. The Balaban J connectivity index is 1.98. The van der Waals surface area contributed by atoms with E-state index in [-0.39, 0.29) is 5.41 Å². The average molecular weight is 245 g/mol. The third kappa shape index (κ3) is 2.80. The van der Waals surface area contributed by atoms with E-state index >= 15 is 0 Å². The monoisotopic (exact) mass is 245 g/mol. The van der Waals surface area contributed by atoms with Gasteiger partial charge < -0.3 is 4.74 Å². The van der Waals surface area contributed by atoms with Crippen molar-refractivity contribution in [1.82, 2.24) is 9.88 Å². The summed E-state index contributed by atoms with van der Waals surface area (Å²) in [5, 5.41) is 9.11. The second-order valence-corrected chi connectivity index (χ2v) is 5.12. The number of methoxy groups -OCH3 is 1. The zero-order chi connectivity index (χ0) is 13.0. The molecule has 1 aliphatic heterocycles. The molecule has 0 aliphatic carbocycles. The molecular formula is C14H19N3O. The van der Waals surface area contributed by atoms with E-state index in [2.05, 4.69) is 22.9 Å². The Labute approximate surface area is 108 Å². The van der Waals surface area contributed by atoms with Gasteiger partial charge in [-0.05, 0) is 38.9 Å². The van der Waals surface area contributed by atoms with Crippen molar-refractivity contribution in [2.75, 3.05) is 20.2 Å². The molecule has 0 spiro atoms. The predicted octanol–water partition coefficient (Wildman–Crippen LogP) is 2.22. The fraction of sp³-hybridized carbons (Fsp3) is 0.571. The summed E-state index contributed by atoms with van der Waals surface area (Å²) in [5.74, 6) is 0.700. The minimum Gasteiger partial charge on any atom is -0.481 e. The van der Waals surface area contributed by atoms with Crippen molar-refractivity contribution in [1.29, 1.82) is 5.26 Å². The van der Waals surface area contributed by atoms with Gasteiger partial charge in [0.25, 0.3) is 0 Å². The van der Waals surface area contributed by atoms with Gasteiger partial charge in [0, 0.05) is 18.3 Å². The molecule has 0 radical (unpaired) electrons. The lowest BCUT2D eigenvalue weighted by Gasteiger charge is -2.34. The van der Waals surface area contributed by atoms with Crippen LogP contribution in [0.3, 0.4) is 0 Å². The van der Waals surface area contributed by atoms with Crippen molar-refractivity contribution in [3.63, 3.8) is 0 Å². The summed E-state index contributed by atoms with van der Waals surface area (Å²) in [6.07, 6.45) is 3.61. The number of rotatable bonds is 3. The van der Waals surface area contributed by atoms with Gasteiger partial charge in [-0.3, -0.25) is 4.90 Å². The van der Waals surface area contributed by atoms with Gasteiger partial charge in [-0.1, -0.05) is 6.07 Å². The summed E-state index contributed by atoms with van der Waals surface area (Å²) < 4.78 is 5.26. The van der Waals surface area contributed by atoms with E-state index in [1.54, 1.807) is 13.3 Å². The first-order chi connectivity index (χ1) is 8.67.